The van der Waals surface area contributed by atoms with Gasteiger partial charge in [-0.3, -0.25) is 9.78 Å². The van der Waals surface area contributed by atoms with E-state index in [-0.39, 0.29) is 23.4 Å². The van der Waals surface area contributed by atoms with E-state index in [0.29, 0.717) is 18.8 Å². The van der Waals surface area contributed by atoms with Gasteiger partial charge in [-0.1, -0.05) is 18.2 Å². The zero-order chi connectivity index (χ0) is 20.7. The van der Waals surface area contributed by atoms with Crippen LogP contribution in [0.15, 0.2) is 65.7 Å². The average Bonchev–Trinajstić information content (AvgIpc) is 3.23. The van der Waals surface area contributed by atoms with Crippen molar-refractivity contribution in [2.24, 2.45) is 0 Å². The number of halogens is 3. The molecule has 152 valence electrons. The molecule has 3 aromatic rings. The van der Waals surface area contributed by atoms with Gasteiger partial charge in [0.2, 0.25) is 0 Å². The van der Waals surface area contributed by atoms with Crippen LogP contribution in [0, 0.1) is 0 Å². The Morgan fingerprint density at radius 3 is 2.62 bits per heavy atom. The molecule has 0 spiro atoms. The van der Waals surface area contributed by atoms with Gasteiger partial charge in [-0.05, 0) is 24.3 Å². The van der Waals surface area contributed by atoms with Crippen molar-refractivity contribution in [2.45, 2.75) is 18.8 Å². The highest BCUT2D eigenvalue weighted by Gasteiger charge is 2.30. The van der Waals surface area contributed by atoms with Gasteiger partial charge in [0.05, 0.1) is 12.6 Å². The van der Waals surface area contributed by atoms with Crippen LogP contribution in [0.3, 0.4) is 0 Å². The minimum Gasteiger partial charge on any atom is -0.491 e. The second kappa shape index (κ2) is 9.09. The number of rotatable bonds is 3. The number of aromatic nitrogens is 2. The number of carbonyl (C=O) groups excluding carboxylic acids is 1. The molecule has 2 aromatic heterocycles. The summed E-state index contributed by atoms with van der Waals surface area (Å²) in [5, 5.41) is 2.87. The predicted octanol–water partition coefficient (Wildman–Crippen LogP) is 3.91. The summed E-state index contributed by atoms with van der Waals surface area (Å²) >= 11 is 0. The highest BCUT2D eigenvalue weighted by atomic mass is 19.4. The Hall–Kier alpha value is -3.56. The molecule has 0 saturated heterocycles. The molecule has 29 heavy (non-hydrogen) atoms. The normalized spacial score (nSPS) is 15.2. The molecule has 0 saturated carbocycles. The number of nitrogens with one attached hydrogen (secondary N) is 1. The van der Waals surface area contributed by atoms with E-state index in [1.54, 1.807) is 18.3 Å². The summed E-state index contributed by atoms with van der Waals surface area (Å²) < 4.78 is 48.4. The lowest BCUT2D eigenvalue weighted by Crippen LogP contribution is -2.32. The summed E-state index contributed by atoms with van der Waals surface area (Å²) in [4.78, 5) is 19.9. The number of oxazole rings is 1. The summed E-state index contributed by atoms with van der Waals surface area (Å²) in [5.74, 6) is 0.251. The van der Waals surface area contributed by atoms with Crippen molar-refractivity contribution in [1.82, 2.24) is 15.3 Å². The van der Waals surface area contributed by atoms with Crippen molar-refractivity contribution in [2.75, 3.05) is 6.61 Å². The SMILES string of the molecule is FC(F)(F)Oc1ccccc1.O=C(NC1CCOc2cccnc21)c1cocn1. The minimum absolute atomic E-state index is 0.154. The Balaban J connectivity index is 0.000000188. The zero-order valence-corrected chi connectivity index (χ0v) is 14.9. The van der Waals surface area contributed by atoms with Crippen LogP contribution in [0.4, 0.5) is 13.2 Å². The Kier molecular flexibility index (Phi) is 6.32. The standard InChI is InChI=1S/C12H11N3O3.C7H5F3O/c16-12(9-6-17-7-14-9)15-8-3-5-18-10-2-1-4-13-11(8)10;8-7(9,10)11-6-4-2-1-3-5-6/h1-2,4,6-8H,3,5H2,(H,15,16);1-5H. The van der Waals surface area contributed by atoms with Crippen molar-refractivity contribution in [1.29, 1.82) is 0 Å². The number of ether oxygens (including phenoxy) is 2. The highest BCUT2D eigenvalue weighted by Crippen LogP contribution is 2.29. The van der Waals surface area contributed by atoms with Crippen LogP contribution in [0.5, 0.6) is 11.5 Å². The van der Waals surface area contributed by atoms with Crippen molar-refractivity contribution < 1.29 is 31.9 Å². The molecule has 0 aliphatic carbocycles. The van der Waals surface area contributed by atoms with Crippen LogP contribution in [0.1, 0.15) is 28.6 Å². The number of hydrogen-bond donors (Lipinski definition) is 1. The summed E-state index contributed by atoms with van der Waals surface area (Å²) in [6.45, 7) is 0.558. The van der Waals surface area contributed by atoms with E-state index in [0.717, 1.165) is 5.69 Å². The molecule has 1 aromatic carbocycles. The lowest BCUT2D eigenvalue weighted by molar-refractivity contribution is -0.274. The van der Waals surface area contributed by atoms with E-state index >= 15 is 0 Å². The largest absolute Gasteiger partial charge is 0.573 e. The monoisotopic (exact) mass is 407 g/mol. The van der Waals surface area contributed by atoms with Gasteiger partial charge in [-0.2, -0.15) is 0 Å². The summed E-state index contributed by atoms with van der Waals surface area (Å²) in [6.07, 6.45) is 0.316. The highest BCUT2D eigenvalue weighted by molar-refractivity contribution is 5.92. The lowest BCUT2D eigenvalue weighted by atomic mass is 10.1. The maximum atomic E-state index is 11.9. The first-order valence-corrected chi connectivity index (χ1v) is 8.50. The second-order valence-corrected chi connectivity index (χ2v) is 5.78. The van der Waals surface area contributed by atoms with Gasteiger partial charge < -0.3 is 19.2 Å². The molecular weight excluding hydrogens is 391 g/mol. The van der Waals surface area contributed by atoms with E-state index in [1.807, 2.05) is 6.07 Å². The van der Waals surface area contributed by atoms with Gasteiger partial charge in [0.1, 0.15) is 23.5 Å². The van der Waals surface area contributed by atoms with E-state index in [9.17, 15) is 18.0 Å². The number of amides is 1. The van der Waals surface area contributed by atoms with Crippen molar-refractivity contribution >= 4 is 5.91 Å². The van der Waals surface area contributed by atoms with Gasteiger partial charge in [0, 0.05) is 12.6 Å². The van der Waals surface area contributed by atoms with Crippen LogP contribution in [0.25, 0.3) is 0 Å². The molecule has 1 N–H and O–H groups in total. The molecule has 3 heterocycles. The Morgan fingerprint density at radius 1 is 1.14 bits per heavy atom. The molecule has 10 heteroatoms. The molecule has 1 unspecified atom stereocenters. The molecule has 7 nitrogen and oxygen atoms in total. The first-order chi connectivity index (χ1) is 13.9. The van der Waals surface area contributed by atoms with Crippen molar-refractivity contribution in [3.63, 3.8) is 0 Å². The number of carbonyl (C=O) groups is 1. The first-order valence-electron chi connectivity index (χ1n) is 8.50. The number of para-hydroxylation sites is 1. The quantitative estimate of drug-likeness (QED) is 0.709. The maximum absolute atomic E-state index is 11.9. The third-order valence-electron chi connectivity index (χ3n) is 3.74. The van der Waals surface area contributed by atoms with E-state index < -0.39 is 6.36 Å². The fraction of sp³-hybridized carbons (Fsp3) is 0.211. The molecule has 1 aliphatic heterocycles. The Bertz CT molecular complexity index is 918. The minimum atomic E-state index is -4.60. The van der Waals surface area contributed by atoms with Crippen molar-refractivity contribution in [3.05, 3.63) is 72.7 Å². The van der Waals surface area contributed by atoms with Crippen LogP contribution in [-0.2, 0) is 0 Å². The number of nitrogens with zero attached hydrogens (tertiary/aromatic N) is 2. The first kappa shape index (κ1) is 20.2. The Labute approximate surface area is 163 Å². The van der Waals surface area contributed by atoms with Crippen LogP contribution in [-0.4, -0.2) is 28.8 Å². The van der Waals surface area contributed by atoms with Crippen LogP contribution < -0.4 is 14.8 Å². The summed E-state index contributed by atoms with van der Waals surface area (Å²) in [6, 6.07) is 10.5. The van der Waals surface area contributed by atoms with Gasteiger partial charge in [-0.15, -0.1) is 13.2 Å². The van der Waals surface area contributed by atoms with Crippen LogP contribution in [0.2, 0.25) is 0 Å². The maximum Gasteiger partial charge on any atom is 0.573 e. The molecular formula is C19H16F3N3O4. The molecule has 1 amide bonds. The predicted molar refractivity (Wildman–Crippen MR) is 94.2 cm³/mol. The van der Waals surface area contributed by atoms with E-state index in [1.165, 1.54) is 36.9 Å². The molecule has 1 atom stereocenters. The zero-order valence-electron chi connectivity index (χ0n) is 14.9. The molecule has 1 aliphatic rings. The number of fused-ring (bicyclic) bond motifs is 1. The summed E-state index contributed by atoms with van der Waals surface area (Å²) in [7, 11) is 0. The summed E-state index contributed by atoms with van der Waals surface area (Å²) in [5.41, 5.74) is 1.01. The smallest absolute Gasteiger partial charge is 0.491 e. The average molecular weight is 407 g/mol. The van der Waals surface area contributed by atoms with Gasteiger partial charge in [0.25, 0.3) is 5.91 Å². The molecule has 0 bridgehead atoms. The number of benzene rings is 1. The fourth-order valence-electron chi connectivity index (χ4n) is 2.53. The van der Waals surface area contributed by atoms with Gasteiger partial charge in [-0.25, -0.2) is 4.98 Å². The van der Waals surface area contributed by atoms with Gasteiger partial charge in [0.15, 0.2) is 12.1 Å². The third kappa shape index (κ3) is 5.96. The second-order valence-electron chi connectivity index (χ2n) is 5.78. The fourth-order valence-corrected chi connectivity index (χ4v) is 2.53. The number of alkyl halides is 3. The third-order valence-corrected chi connectivity index (χ3v) is 3.74. The molecule has 4 rings (SSSR count). The van der Waals surface area contributed by atoms with Gasteiger partial charge >= 0.3 is 6.36 Å². The molecule has 0 fully saturated rings. The van der Waals surface area contributed by atoms with Crippen molar-refractivity contribution in [3.8, 4) is 11.5 Å². The lowest BCUT2D eigenvalue weighted by Gasteiger charge is -2.25. The van der Waals surface area contributed by atoms with E-state index in [2.05, 4.69) is 20.0 Å². The molecule has 0 radical (unpaired) electrons. The number of hydrogen-bond acceptors (Lipinski definition) is 6. The topological polar surface area (TPSA) is 86.5 Å². The number of pyridine rings is 1. The van der Waals surface area contributed by atoms with E-state index in [4.69, 9.17) is 9.15 Å². The Morgan fingerprint density at radius 2 is 1.93 bits per heavy atom. The van der Waals surface area contributed by atoms with Crippen LogP contribution >= 0.6 is 0 Å².